The van der Waals surface area contributed by atoms with Gasteiger partial charge in [0.1, 0.15) is 17.7 Å². The molecule has 0 saturated heterocycles. The van der Waals surface area contributed by atoms with E-state index >= 15 is 0 Å². The van der Waals surface area contributed by atoms with Gasteiger partial charge in [0.15, 0.2) is 0 Å². The minimum absolute atomic E-state index is 0.0789. The lowest BCUT2D eigenvalue weighted by Gasteiger charge is -2.16. The van der Waals surface area contributed by atoms with Crippen LogP contribution in [0.5, 0.6) is 0 Å². The largest absolute Gasteiger partial charge is 0.382 e. The first-order valence-corrected chi connectivity index (χ1v) is 10.0. The molecular formula is C20H25ClN8O2. The van der Waals surface area contributed by atoms with Crippen LogP contribution in [0.4, 0.5) is 22.1 Å². The molecule has 164 valence electrons. The average molecular weight is 445 g/mol. The van der Waals surface area contributed by atoms with Crippen molar-refractivity contribution in [1.29, 1.82) is 5.26 Å². The topological polar surface area (TPSA) is 144 Å². The smallest absolute Gasteiger partial charge is 0.314 e. The van der Waals surface area contributed by atoms with Crippen molar-refractivity contribution in [2.75, 3.05) is 30.8 Å². The Labute approximate surface area is 185 Å². The van der Waals surface area contributed by atoms with Gasteiger partial charge >= 0.3 is 6.03 Å². The number of hydrogen-bond donors (Lipinski definition) is 5. The Morgan fingerprint density at radius 1 is 1.16 bits per heavy atom. The van der Waals surface area contributed by atoms with Crippen molar-refractivity contribution in [2.45, 2.75) is 26.3 Å². The first-order chi connectivity index (χ1) is 14.8. The Hall–Kier alpha value is -3.58. The lowest BCUT2D eigenvalue weighted by atomic mass is 10.2. The monoisotopic (exact) mass is 444 g/mol. The fraction of sp³-hybridized carbons (Fsp3) is 0.350. The number of anilines is 3. The standard InChI is InChI=1S/C20H25ClN8O2/c1-12(2)28-16-8-17(29-18-15(21)7-13(9-22)10-27-18)26-11-14(16)19(30)24-5-4-6-25-20(31)23-3/h7-8,10-12H,4-6H2,1-3H3,(H,24,30)(H2,23,25,31)(H2,26,27,28,29). The summed E-state index contributed by atoms with van der Waals surface area (Å²) in [5.41, 5.74) is 1.33. The molecule has 0 aliphatic heterocycles. The summed E-state index contributed by atoms with van der Waals surface area (Å²) in [5, 5.41) is 23.4. The molecule has 31 heavy (non-hydrogen) atoms. The highest BCUT2D eigenvalue weighted by Gasteiger charge is 2.15. The highest BCUT2D eigenvalue weighted by Crippen LogP contribution is 2.26. The molecule has 2 heterocycles. The van der Waals surface area contributed by atoms with E-state index in [2.05, 4.69) is 36.6 Å². The number of rotatable bonds is 9. The van der Waals surface area contributed by atoms with E-state index in [1.165, 1.54) is 25.5 Å². The summed E-state index contributed by atoms with van der Waals surface area (Å²) < 4.78 is 0. The van der Waals surface area contributed by atoms with Gasteiger partial charge in [-0.15, -0.1) is 0 Å². The van der Waals surface area contributed by atoms with E-state index in [1.807, 2.05) is 19.9 Å². The minimum atomic E-state index is -0.281. The molecule has 0 aromatic carbocycles. The van der Waals surface area contributed by atoms with Gasteiger partial charge in [0, 0.05) is 44.6 Å². The van der Waals surface area contributed by atoms with Crippen LogP contribution in [0.1, 0.15) is 36.2 Å². The van der Waals surface area contributed by atoms with E-state index < -0.39 is 0 Å². The Morgan fingerprint density at radius 2 is 1.90 bits per heavy atom. The highest BCUT2D eigenvalue weighted by atomic mass is 35.5. The SMILES string of the molecule is CNC(=O)NCCCNC(=O)c1cnc(Nc2ncc(C#N)cc2Cl)cc1NC(C)C. The highest BCUT2D eigenvalue weighted by molar-refractivity contribution is 6.33. The van der Waals surface area contributed by atoms with Gasteiger partial charge in [-0.1, -0.05) is 11.6 Å². The summed E-state index contributed by atoms with van der Waals surface area (Å²) >= 11 is 6.16. The number of nitrogens with zero attached hydrogens (tertiary/aromatic N) is 3. The Bertz CT molecular complexity index is 974. The first-order valence-electron chi connectivity index (χ1n) is 9.67. The molecule has 5 N–H and O–H groups in total. The molecule has 0 aliphatic carbocycles. The van der Waals surface area contributed by atoms with Crippen molar-refractivity contribution in [3.63, 3.8) is 0 Å². The molecule has 0 fully saturated rings. The van der Waals surface area contributed by atoms with E-state index in [9.17, 15) is 9.59 Å². The maximum absolute atomic E-state index is 12.6. The van der Waals surface area contributed by atoms with Crippen molar-refractivity contribution in [3.05, 3.63) is 40.7 Å². The molecule has 0 spiro atoms. The van der Waals surface area contributed by atoms with Crippen molar-refractivity contribution in [2.24, 2.45) is 0 Å². The van der Waals surface area contributed by atoms with Gasteiger partial charge in [-0.05, 0) is 26.3 Å². The van der Waals surface area contributed by atoms with Gasteiger partial charge in [-0.25, -0.2) is 14.8 Å². The fourth-order valence-corrected chi connectivity index (χ4v) is 2.74. The number of carbonyl (C=O) groups excluding carboxylic acids is 2. The van der Waals surface area contributed by atoms with Crippen LogP contribution in [-0.2, 0) is 0 Å². The third-order valence-corrected chi connectivity index (χ3v) is 4.25. The lowest BCUT2D eigenvalue weighted by molar-refractivity contribution is 0.0954. The van der Waals surface area contributed by atoms with Gasteiger partial charge in [0.25, 0.3) is 5.91 Å². The molecule has 2 rings (SSSR count). The molecule has 0 saturated carbocycles. The Balaban J connectivity index is 2.09. The van der Waals surface area contributed by atoms with Crippen LogP contribution in [0.15, 0.2) is 24.5 Å². The molecule has 11 heteroatoms. The quantitative estimate of drug-likeness (QED) is 0.374. The van der Waals surface area contributed by atoms with E-state index in [1.54, 1.807) is 6.07 Å². The molecule has 2 aromatic heterocycles. The van der Waals surface area contributed by atoms with E-state index in [4.69, 9.17) is 16.9 Å². The van der Waals surface area contributed by atoms with E-state index in [0.717, 1.165) is 0 Å². The van der Waals surface area contributed by atoms with Gasteiger partial charge < -0.3 is 26.6 Å². The number of aromatic nitrogens is 2. The third kappa shape index (κ3) is 7.31. The molecule has 10 nitrogen and oxygen atoms in total. The molecule has 0 aliphatic rings. The van der Waals surface area contributed by atoms with Crippen LogP contribution in [0.25, 0.3) is 0 Å². The summed E-state index contributed by atoms with van der Waals surface area (Å²) in [4.78, 5) is 32.2. The predicted molar refractivity (Wildman–Crippen MR) is 120 cm³/mol. The van der Waals surface area contributed by atoms with Crippen molar-refractivity contribution in [3.8, 4) is 6.07 Å². The number of pyridine rings is 2. The van der Waals surface area contributed by atoms with Gasteiger partial charge in [0.05, 0.1) is 21.8 Å². The van der Waals surface area contributed by atoms with Gasteiger partial charge in [-0.3, -0.25) is 4.79 Å². The Kier molecular flexibility index (Phi) is 8.84. The summed E-state index contributed by atoms with van der Waals surface area (Å²) in [5.74, 6) is 0.509. The second-order valence-corrected chi connectivity index (χ2v) is 7.23. The van der Waals surface area contributed by atoms with Gasteiger partial charge in [-0.2, -0.15) is 5.26 Å². The molecule has 2 aromatic rings. The number of nitrogens with one attached hydrogen (secondary N) is 5. The summed E-state index contributed by atoms with van der Waals surface area (Å²) in [6, 6.07) is 4.99. The number of nitriles is 1. The zero-order valence-corrected chi connectivity index (χ0v) is 18.3. The van der Waals surface area contributed by atoms with Crippen LogP contribution in [-0.4, -0.2) is 48.1 Å². The second-order valence-electron chi connectivity index (χ2n) is 6.82. The van der Waals surface area contributed by atoms with E-state index in [-0.39, 0.29) is 23.0 Å². The number of halogens is 1. The maximum atomic E-state index is 12.6. The molecule has 0 unspecified atom stereocenters. The van der Waals surface area contributed by atoms with Crippen molar-refractivity contribution >= 4 is 40.9 Å². The fourth-order valence-electron chi connectivity index (χ4n) is 2.52. The molecule has 3 amide bonds. The van der Waals surface area contributed by atoms with E-state index in [0.29, 0.717) is 48.0 Å². The lowest BCUT2D eigenvalue weighted by Crippen LogP contribution is -2.35. The normalized spacial score (nSPS) is 10.2. The molecule has 0 atom stereocenters. The number of urea groups is 1. The zero-order valence-electron chi connectivity index (χ0n) is 17.5. The van der Waals surface area contributed by atoms with Gasteiger partial charge in [0.2, 0.25) is 0 Å². The molecule has 0 radical (unpaired) electrons. The Morgan fingerprint density at radius 3 is 2.55 bits per heavy atom. The number of amides is 3. The minimum Gasteiger partial charge on any atom is -0.382 e. The summed E-state index contributed by atoms with van der Waals surface area (Å²) in [7, 11) is 1.54. The average Bonchev–Trinajstić information content (AvgIpc) is 2.74. The third-order valence-electron chi connectivity index (χ3n) is 3.96. The van der Waals surface area contributed by atoms with Crippen LogP contribution in [0.3, 0.4) is 0 Å². The van der Waals surface area contributed by atoms with Crippen LogP contribution in [0, 0.1) is 11.3 Å². The predicted octanol–water partition coefficient (Wildman–Crippen LogP) is 2.61. The number of hydrogen-bond acceptors (Lipinski definition) is 7. The molecule has 0 bridgehead atoms. The second kappa shape index (κ2) is 11.6. The zero-order chi connectivity index (χ0) is 22.8. The summed E-state index contributed by atoms with van der Waals surface area (Å²) in [6.45, 7) is 4.75. The summed E-state index contributed by atoms with van der Waals surface area (Å²) in [6.07, 6.45) is 3.45. The van der Waals surface area contributed by atoms with Crippen molar-refractivity contribution < 1.29 is 9.59 Å². The number of carbonyl (C=O) groups is 2. The van der Waals surface area contributed by atoms with Crippen molar-refractivity contribution in [1.82, 2.24) is 25.9 Å². The van der Waals surface area contributed by atoms with Crippen LogP contribution >= 0.6 is 11.6 Å². The first kappa shape index (κ1) is 23.7. The van der Waals surface area contributed by atoms with Crippen LogP contribution < -0.4 is 26.6 Å². The maximum Gasteiger partial charge on any atom is 0.314 e. The van der Waals surface area contributed by atoms with Crippen LogP contribution in [0.2, 0.25) is 5.02 Å². The molecular weight excluding hydrogens is 420 g/mol.